The maximum Gasteiger partial charge on any atom is 0.304 e. The molecule has 16 bridgehead atoms. The van der Waals surface area contributed by atoms with Crippen LogP contribution in [0.2, 0.25) is 0 Å². The zero-order valence-corrected chi connectivity index (χ0v) is 74.8. The van der Waals surface area contributed by atoms with Crippen LogP contribution < -0.4 is 0 Å². The molecule has 48 nitrogen and oxygen atoms in total. The first kappa shape index (κ1) is 111. The van der Waals surface area contributed by atoms with E-state index in [1.54, 1.807) is 0 Å². The van der Waals surface area contributed by atoms with Crippen LogP contribution in [0.3, 0.4) is 0 Å². The van der Waals surface area contributed by atoms with E-state index in [2.05, 4.69) is 0 Å². The summed E-state index contributed by atoms with van der Waals surface area (Å²) < 4.78 is 126. The lowest BCUT2D eigenvalue weighted by molar-refractivity contribution is -0.396. The molecule has 30 saturated heterocycles. The topological polar surface area (TPSA) is 715 Å². The summed E-state index contributed by atoms with van der Waals surface area (Å²) in [7, 11) is 0. The maximum absolute atomic E-state index is 12.3. The molecule has 0 aromatic carbocycles. The van der Waals surface area contributed by atoms with Crippen molar-refractivity contribution in [1.29, 1.82) is 0 Å². The minimum atomic E-state index is -2.26. The van der Waals surface area contributed by atoms with E-state index in [9.17, 15) is 131 Å². The van der Waals surface area contributed by atoms with Crippen LogP contribution in [0, 0.1) is 0 Å². The molecule has 738 valence electrons. The summed E-state index contributed by atoms with van der Waals surface area (Å²) >= 11 is 8.03. The van der Waals surface area contributed by atoms with Crippen molar-refractivity contribution < 1.29 is 235 Å². The average molecular weight is 2000 g/mol. The van der Waals surface area contributed by atoms with E-state index in [4.69, 9.17) is 104 Å². The molecule has 0 aromatic rings. The molecule has 0 aromatic heterocycles. The van der Waals surface area contributed by atoms with Crippen molar-refractivity contribution in [1.82, 2.24) is 0 Å². The quantitative estimate of drug-likeness (QED) is 0.0153. The molecule has 0 aliphatic carbocycles. The zero-order chi connectivity index (χ0) is 93.3. The number of aliphatic carboxylic acids is 2. The van der Waals surface area contributed by atoms with Crippen molar-refractivity contribution in [3.63, 3.8) is 0 Å². The molecule has 19 N–H and O–H groups in total. The monoisotopic (exact) mass is 2000 g/mol. The fraction of sp³-hybridized carbons (Fsp3) is 0.889. The fourth-order valence-corrected chi connectivity index (χ4v) is 21.7. The number of carbonyl (C=O) groups excluding carboxylic acids is 6. The fourth-order valence-electron chi connectivity index (χ4n) is 14.6. The molecule has 128 heavy (non-hydrogen) atoms. The Hall–Kier alpha value is -2.56. The first-order valence-electron chi connectivity index (χ1n) is 40.2. The molecule has 30 rings (SSSR count). The van der Waals surface area contributed by atoms with Gasteiger partial charge in [-0.3, -0.25) is 33.6 Å². The molecule has 0 spiro atoms. The van der Waals surface area contributed by atoms with E-state index < -0.39 is 277 Å². The lowest BCUT2D eigenvalue weighted by atomic mass is 9.95. The third-order valence-corrected chi connectivity index (χ3v) is 29.2. The minimum absolute atomic E-state index is 0.0126. The standard InChI is InChI=1S/C71H112O47S8.CH2O/c72-3-11-121-19-32-58-42(84)50(92)66(105-32)112-57-31(18-120-10-2-39(80)81)103-64(48(90)40(57)82)111-56-30(17-119-9-1-38(78)79)104-65(49(91)41(56)83)114-59-33(20-122-12-4-98-25-73)107-68(52(94)44(59)86)116-61-35(22-124-14-6-100-27-75)109-70(54(96)46(61)88)118-63-37(24-126-16-8-102-29-77)110-71(55(97)47(63)89)117-62-36(23-125-15-7-101-28-76)108-69(53(95)45(62)87)115-60-34(21-123-13-5-99-26-74)106-67(113-58)51(93)43(60)85;1-2/h25-37,40-72,82-97H,1-24H2,(H,78,79)(H,80,81);1H2. The summed E-state index contributed by atoms with van der Waals surface area (Å²) in [6.07, 6.45) is -79.3. The van der Waals surface area contributed by atoms with Gasteiger partial charge >= 0.3 is 11.9 Å². The second-order valence-corrected chi connectivity index (χ2v) is 38.6. The van der Waals surface area contributed by atoms with E-state index in [-0.39, 0.29) is 157 Å². The Balaban J connectivity index is 0.0000101. The van der Waals surface area contributed by atoms with Gasteiger partial charge in [-0.25, -0.2) is 0 Å². The lowest BCUT2D eigenvalue weighted by Gasteiger charge is -2.51. The molecule has 30 aliphatic heterocycles. The van der Waals surface area contributed by atoms with Crippen LogP contribution in [0.25, 0.3) is 0 Å². The molecular formula is C72H114O48S8. The highest BCUT2D eigenvalue weighted by Gasteiger charge is 2.61. The van der Waals surface area contributed by atoms with Gasteiger partial charge in [-0.05, 0) is 0 Å². The minimum Gasteiger partial charge on any atom is -0.481 e. The number of carboxylic acid groups (broad SMARTS) is 2. The highest BCUT2D eigenvalue weighted by Crippen LogP contribution is 2.43. The maximum atomic E-state index is 12.3. The highest BCUT2D eigenvalue weighted by atomic mass is 32.2. The Morgan fingerprint density at radius 2 is 0.375 bits per heavy atom. The number of rotatable bonds is 44. The number of carboxylic acids is 2. The van der Waals surface area contributed by atoms with Crippen molar-refractivity contribution in [2.45, 2.75) is 258 Å². The number of hydrogen-bond donors (Lipinski definition) is 19. The molecule has 0 radical (unpaired) electrons. The van der Waals surface area contributed by atoms with Gasteiger partial charge in [0.1, 0.15) is 186 Å². The van der Waals surface area contributed by atoms with Gasteiger partial charge in [-0.1, -0.05) is 0 Å². The summed E-state index contributed by atoms with van der Waals surface area (Å²) in [6.45, 7) is 1.63. The van der Waals surface area contributed by atoms with Gasteiger partial charge in [0.05, 0.1) is 68.3 Å². The van der Waals surface area contributed by atoms with Gasteiger partial charge in [0.25, 0.3) is 32.4 Å². The predicted octanol–water partition coefficient (Wildman–Crippen LogP) is -9.86. The lowest BCUT2D eigenvalue weighted by Crippen LogP contribution is -2.69. The molecule has 40 unspecified atom stereocenters. The van der Waals surface area contributed by atoms with Crippen molar-refractivity contribution >= 4 is 145 Å². The summed E-state index contributed by atoms with van der Waals surface area (Å²) in [5, 5.41) is 225. The Bertz CT molecular complexity index is 3220. The Morgan fingerprint density at radius 3 is 0.508 bits per heavy atom. The number of thioether (sulfide) groups is 8. The van der Waals surface area contributed by atoms with Crippen molar-refractivity contribution in [2.75, 3.05) is 132 Å². The van der Waals surface area contributed by atoms with Crippen LogP contribution in [0.4, 0.5) is 0 Å². The normalized spacial score (nSPS) is 41.2. The van der Waals surface area contributed by atoms with Gasteiger partial charge in [0.15, 0.2) is 50.3 Å². The Kier molecular flexibility index (Phi) is 49.8. The van der Waals surface area contributed by atoms with Crippen molar-refractivity contribution in [3.8, 4) is 0 Å². The van der Waals surface area contributed by atoms with E-state index in [0.717, 1.165) is 94.1 Å². The second kappa shape index (κ2) is 57.6. The largest absolute Gasteiger partial charge is 0.481 e. The third-order valence-electron chi connectivity index (χ3n) is 20.9. The Morgan fingerprint density at radius 1 is 0.234 bits per heavy atom. The van der Waals surface area contributed by atoms with Gasteiger partial charge in [-0.2, -0.15) is 94.1 Å². The summed E-state index contributed by atoms with van der Waals surface area (Å²) in [5.41, 5.74) is 0. The van der Waals surface area contributed by atoms with Gasteiger partial charge in [0.2, 0.25) is 0 Å². The van der Waals surface area contributed by atoms with Crippen LogP contribution in [0.1, 0.15) is 12.8 Å². The third kappa shape index (κ3) is 31.2. The average Bonchev–Trinajstić information content (AvgIpc) is 0.766. The number of aliphatic hydroxyl groups excluding tert-OH is 17. The van der Waals surface area contributed by atoms with E-state index in [1.165, 1.54) is 0 Å². The van der Waals surface area contributed by atoms with Gasteiger partial charge < -0.3 is 201 Å². The summed E-state index contributed by atoms with van der Waals surface area (Å²) in [5.74, 6) is -4.55. The van der Waals surface area contributed by atoms with Crippen LogP contribution in [0.5, 0.6) is 0 Å². The zero-order valence-electron chi connectivity index (χ0n) is 68.3. The van der Waals surface area contributed by atoms with E-state index in [1.807, 2.05) is 6.79 Å². The van der Waals surface area contributed by atoms with Crippen molar-refractivity contribution in [3.05, 3.63) is 0 Å². The van der Waals surface area contributed by atoms with Crippen LogP contribution in [0.15, 0.2) is 0 Å². The van der Waals surface area contributed by atoms with Crippen LogP contribution in [-0.2, 0) is 138 Å². The molecule has 56 heteroatoms. The molecule has 30 heterocycles. The first-order chi connectivity index (χ1) is 61.6. The van der Waals surface area contributed by atoms with E-state index in [0.29, 0.717) is 0 Å². The number of ether oxygens (including phenoxy) is 21. The van der Waals surface area contributed by atoms with Gasteiger partial charge in [-0.15, -0.1) is 0 Å². The molecular weight excluding hydrogens is 1890 g/mol. The number of hydrogen-bond acceptors (Lipinski definition) is 54. The molecule has 30 aliphatic rings. The molecule has 30 fully saturated rings. The first-order valence-corrected chi connectivity index (χ1v) is 49.4. The molecule has 0 saturated carbocycles. The van der Waals surface area contributed by atoms with Crippen LogP contribution >= 0.6 is 94.1 Å². The van der Waals surface area contributed by atoms with Gasteiger partial charge in [0, 0.05) is 92.0 Å². The predicted molar refractivity (Wildman–Crippen MR) is 442 cm³/mol. The van der Waals surface area contributed by atoms with E-state index >= 15 is 0 Å². The smallest absolute Gasteiger partial charge is 0.304 e. The second-order valence-electron chi connectivity index (χ2n) is 29.4. The number of carbonyl (C=O) groups is 8. The Labute approximate surface area is 765 Å². The molecule has 0 amide bonds. The van der Waals surface area contributed by atoms with Crippen molar-refractivity contribution in [2.24, 2.45) is 0 Å². The summed E-state index contributed by atoms with van der Waals surface area (Å²) in [6, 6.07) is 0. The van der Waals surface area contributed by atoms with Crippen LogP contribution in [-0.4, -0.2) is 525 Å². The number of aliphatic hydroxyl groups is 17. The molecule has 40 atom stereocenters. The SMILES string of the molecule is C=O.O=COCCSCC1OC2OC3C(CSCCO)OC(OC4C(CSCCC(=O)O)OC(OC5C(CSCCC(=O)O)OC(OC6C(CSCCOC=O)OC(OC7C(CSCCOC=O)OC(OC8C(CSCCOC=O)OC(OC9C(CSCCOC=O)OC(OC1C(O)C2O)C(O)C9O)C(O)C8O)C(O)C7O)C(O)C6O)C(O)C5O)C(O)C4O)C(O)C3O. The highest BCUT2D eigenvalue weighted by molar-refractivity contribution is 8.00. The summed E-state index contributed by atoms with van der Waals surface area (Å²) in [4.78, 5) is 87.6.